The van der Waals surface area contributed by atoms with E-state index in [0.29, 0.717) is 40.3 Å². The SMILES string of the molecule is CO[C@@H]1C[C@H](C(=O)Nc2cc(C(CCC3CC3)(N[S@+]([O-])C(C)(C)C)c3cccc(C#N)c3)ccc2F)N(C(=O)Nc2ccc(C#N)cc2)C1. The molecular weight excluding hydrogens is 644 g/mol. The van der Waals surface area contributed by atoms with Gasteiger partial charge in [0, 0.05) is 37.1 Å². The number of rotatable bonds is 11. The number of carbonyl (C=O) groups is 2. The van der Waals surface area contributed by atoms with Gasteiger partial charge < -0.3 is 24.8 Å². The van der Waals surface area contributed by atoms with Crippen LogP contribution in [0.4, 0.5) is 20.6 Å². The van der Waals surface area contributed by atoms with E-state index in [1.165, 1.54) is 18.1 Å². The average molecular weight is 685 g/mol. The lowest BCUT2D eigenvalue weighted by molar-refractivity contribution is -0.119. The summed E-state index contributed by atoms with van der Waals surface area (Å²) in [6.45, 7) is 5.73. The number of nitriles is 2. The molecule has 49 heavy (non-hydrogen) atoms. The summed E-state index contributed by atoms with van der Waals surface area (Å²) in [5.74, 6) is -0.752. The molecule has 2 fully saturated rings. The van der Waals surface area contributed by atoms with Gasteiger partial charge in [-0.1, -0.05) is 31.0 Å². The number of benzene rings is 3. The van der Waals surface area contributed by atoms with Gasteiger partial charge in [0.25, 0.3) is 0 Å². The fourth-order valence-corrected chi connectivity index (χ4v) is 6.94. The second-order valence-electron chi connectivity index (χ2n) is 13.6. The van der Waals surface area contributed by atoms with Crippen LogP contribution in [0, 0.1) is 34.4 Å². The Morgan fingerprint density at radius 3 is 2.33 bits per heavy atom. The highest BCUT2D eigenvalue weighted by atomic mass is 32.2. The summed E-state index contributed by atoms with van der Waals surface area (Å²) in [4.78, 5) is 28.5. The van der Waals surface area contributed by atoms with Crippen molar-refractivity contribution in [3.8, 4) is 12.1 Å². The first-order chi connectivity index (χ1) is 23.4. The Morgan fingerprint density at radius 1 is 1.00 bits per heavy atom. The Morgan fingerprint density at radius 2 is 1.69 bits per heavy atom. The predicted octanol–water partition coefficient (Wildman–Crippen LogP) is 6.31. The lowest BCUT2D eigenvalue weighted by atomic mass is 9.79. The summed E-state index contributed by atoms with van der Waals surface area (Å²) < 4.78 is 37.6. The first kappa shape index (κ1) is 35.8. The van der Waals surface area contributed by atoms with Crippen molar-refractivity contribution in [2.45, 2.75) is 75.3 Å². The van der Waals surface area contributed by atoms with E-state index in [4.69, 9.17) is 10.00 Å². The van der Waals surface area contributed by atoms with Crippen molar-refractivity contribution in [1.29, 1.82) is 10.5 Å². The minimum absolute atomic E-state index is 0.0913. The van der Waals surface area contributed by atoms with Gasteiger partial charge in [-0.15, -0.1) is 4.72 Å². The molecule has 4 atom stereocenters. The number of carbonyl (C=O) groups excluding carboxylic acids is 2. The highest BCUT2D eigenvalue weighted by Crippen LogP contribution is 2.43. The van der Waals surface area contributed by atoms with Crippen molar-refractivity contribution in [3.05, 3.63) is 94.8 Å². The third-order valence-corrected chi connectivity index (χ3v) is 10.7. The maximum Gasteiger partial charge on any atom is 0.322 e. The monoisotopic (exact) mass is 684 g/mol. The molecule has 5 rings (SSSR count). The largest absolute Gasteiger partial charge is 0.598 e. The molecule has 256 valence electrons. The fourth-order valence-electron chi connectivity index (χ4n) is 5.98. The van der Waals surface area contributed by atoms with E-state index in [1.807, 2.05) is 32.9 Å². The lowest BCUT2D eigenvalue weighted by Gasteiger charge is -2.39. The van der Waals surface area contributed by atoms with Gasteiger partial charge >= 0.3 is 6.03 Å². The predicted molar refractivity (Wildman–Crippen MR) is 186 cm³/mol. The van der Waals surface area contributed by atoms with Crippen molar-refractivity contribution in [2.75, 3.05) is 24.3 Å². The highest BCUT2D eigenvalue weighted by Gasteiger charge is 2.44. The second-order valence-corrected chi connectivity index (χ2v) is 15.6. The topological polar surface area (TPSA) is 153 Å². The number of nitrogens with one attached hydrogen (secondary N) is 3. The van der Waals surface area contributed by atoms with Crippen LogP contribution in [0.3, 0.4) is 0 Å². The van der Waals surface area contributed by atoms with Gasteiger partial charge in [0.1, 0.15) is 22.1 Å². The standard InChI is InChI=1S/C37H41FN6O4S/c1-36(2,3)49(47)43-37(17-16-24-8-9-24,27-7-5-6-26(18-27)22-40)28-12-15-31(38)32(19-28)42-34(45)33-20-30(48-4)23-44(33)35(46)41-29-13-10-25(21-39)11-14-29/h5-7,10-15,18-19,24,30,33,43H,8-9,16-17,20,23H2,1-4H3,(H,41,46)(H,42,45)/t30-,33-,37?,49-/m1/s1. The summed E-state index contributed by atoms with van der Waals surface area (Å²) >= 11 is -1.56. The summed E-state index contributed by atoms with van der Waals surface area (Å²) in [5, 5.41) is 24.3. The molecule has 3 aromatic carbocycles. The van der Waals surface area contributed by atoms with Crippen molar-refractivity contribution in [3.63, 3.8) is 0 Å². The molecule has 3 N–H and O–H groups in total. The molecular formula is C37H41FN6O4S. The second kappa shape index (κ2) is 15.0. The molecule has 1 heterocycles. The van der Waals surface area contributed by atoms with Gasteiger partial charge in [0.15, 0.2) is 0 Å². The molecule has 1 aliphatic carbocycles. The molecule has 3 aromatic rings. The number of halogens is 1. The molecule has 0 aromatic heterocycles. The smallest absolute Gasteiger partial charge is 0.322 e. The van der Waals surface area contributed by atoms with Gasteiger partial charge in [0.2, 0.25) is 5.91 Å². The quantitative estimate of drug-likeness (QED) is 0.200. The van der Waals surface area contributed by atoms with Gasteiger partial charge in [-0.25, -0.2) is 9.18 Å². The first-order valence-electron chi connectivity index (χ1n) is 16.3. The lowest BCUT2D eigenvalue weighted by Crippen LogP contribution is -2.52. The van der Waals surface area contributed by atoms with Crippen LogP contribution in [0.5, 0.6) is 0 Å². The number of ether oxygens (including phenoxy) is 1. The minimum Gasteiger partial charge on any atom is -0.598 e. The maximum atomic E-state index is 15.6. The number of hydrogen-bond donors (Lipinski definition) is 3. The Labute approximate surface area is 289 Å². The first-order valence-corrected chi connectivity index (χ1v) is 17.4. The molecule has 3 amide bonds. The molecule has 1 aliphatic heterocycles. The molecule has 1 saturated heterocycles. The zero-order valence-corrected chi connectivity index (χ0v) is 28.9. The molecule has 2 aliphatic rings. The zero-order valence-electron chi connectivity index (χ0n) is 28.1. The van der Waals surface area contributed by atoms with E-state index in [2.05, 4.69) is 21.4 Å². The van der Waals surface area contributed by atoms with Crippen LogP contribution in [0.2, 0.25) is 0 Å². The molecule has 1 saturated carbocycles. The van der Waals surface area contributed by atoms with Gasteiger partial charge in [-0.05, 0) is 99.2 Å². The minimum atomic E-state index is -1.56. The van der Waals surface area contributed by atoms with E-state index in [1.54, 1.807) is 54.6 Å². The molecule has 0 spiro atoms. The number of methoxy groups -OCH3 is 1. The van der Waals surface area contributed by atoms with Crippen LogP contribution in [-0.4, -0.2) is 51.9 Å². The van der Waals surface area contributed by atoms with Gasteiger partial charge in [-0.2, -0.15) is 10.5 Å². The van der Waals surface area contributed by atoms with E-state index in [0.717, 1.165) is 19.3 Å². The van der Waals surface area contributed by atoms with E-state index in [-0.39, 0.29) is 18.7 Å². The number of urea groups is 1. The Balaban J connectivity index is 1.48. The van der Waals surface area contributed by atoms with E-state index in [9.17, 15) is 19.4 Å². The van der Waals surface area contributed by atoms with Crippen molar-refractivity contribution in [1.82, 2.24) is 9.62 Å². The third-order valence-electron chi connectivity index (χ3n) is 9.07. The van der Waals surface area contributed by atoms with Crippen LogP contribution in [0.1, 0.15) is 75.1 Å². The van der Waals surface area contributed by atoms with Crippen LogP contribution >= 0.6 is 0 Å². The summed E-state index contributed by atoms with van der Waals surface area (Å²) in [6.07, 6.45) is 3.31. The number of likely N-dealkylation sites (tertiary alicyclic amines) is 1. The van der Waals surface area contributed by atoms with Crippen LogP contribution < -0.4 is 15.4 Å². The molecule has 1 unspecified atom stereocenters. The number of amides is 3. The van der Waals surface area contributed by atoms with Crippen molar-refractivity contribution < 1.29 is 23.3 Å². The third kappa shape index (κ3) is 8.41. The molecule has 0 radical (unpaired) electrons. The summed E-state index contributed by atoms with van der Waals surface area (Å²) in [6, 6.07) is 20.6. The number of nitrogens with zero attached hydrogens (tertiary/aromatic N) is 3. The van der Waals surface area contributed by atoms with Crippen LogP contribution in [0.15, 0.2) is 66.7 Å². The summed E-state index contributed by atoms with van der Waals surface area (Å²) in [7, 11) is 1.50. The van der Waals surface area contributed by atoms with E-state index < -0.39 is 51.5 Å². The van der Waals surface area contributed by atoms with Gasteiger partial charge in [-0.3, -0.25) is 4.79 Å². The average Bonchev–Trinajstić information content (AvgIpc) is 3.82. The normalized spacial score (nSPS) is 19.3. The summed E-state index contributed by atoms with van der Waals surface area (Å²) in [5.41, 5.74) is 1.43. The Hall–Kier alpha value is -4.46. The fraction of sp³-hybridized carbons (Fsp3) is 0.405. The maximum absolute atomic E-state index is 15.6. The highest BCUT2D eigenvalue weighted by molar-refractivity contribution is 7.90. The Kier molecular flexibility index (Phi) is 11.0. The van der Waals surface area contributed by atoms with Crippen LogP contribution in [-0.2, 0) is 26.4 Å². The van der Waals surface area contributed by atoms with E-state index >= 15 is 4.39 Å². The number of hydrogen-bond acceptors (Lipinski definition) is 7. The van der Waals surface area contributed by atoms with Crippen LogP contribution in [0.25, 0.3) is 0 Å². The number of anilines is 2. The zero-order chi connectivity index (χ0) is 35.3. The van der Waals surface area contributed by atoms with Crippen molar-refractivity contribution in [2.24, 2.45) is 5.92 Å². The Bertz CT molecular complexity index is 1760. The van der Waals surface area contributed by atoms with Crippen molar-refractivity contribution >= 4 is 34.7 Å². The van der Waals surface area contributed by atoms with Gasteiger partial charge in [0.05, 0.1) is 35.1 Å². The molecule has 12 heteroatoms. The molecule has 0 bridgehead atoms. The molecule has 10 nitrogen and oxygen atoms in total.